The molecule has 1 heterocycles. The number of hydrogen-bond acceptors (Lipinski definition) is 4. The summed E-state index contributed by atoms with van der Waals surface area (Å²) in [6, 6.07) is 5.10. The Bertz CT molecular complexity index is 462. The quantitative estimate of drug-likeness (QED) is 0.807. The number of hydrogen-bond donors (Lipinski definition) is 1. The van der Waals surface area contributed by atoms with Gasteiger partial charge < -0.3 is 20.1 Å². The van der Waals surface area contributed by atoms with Gasteiger partial charge in [0.05, 0.1) is 20.3 Å². The molecule has 18 heavy (non-hydrogen) atoms. The average Bonchev–Trinajstić information content (AvgIpc) is 2.42. The zero-order valence-corrected chi connectivity index (χ0v) is 10.8. The van der Waals surface area contributed by atoms with Crippen LogP contribution < -0.4 is 15.2 Å². The van der Waals surface area contributed by atoms with E-state index < -0.39 is 6.04 Å². The number of nitrogens with zero attached hydrogens (tertiary/aromatic N) is 1. The normalized spacial score (nSPS) is 22.7. The van der Waals surface area contributed by atoms with Crippen molar-refractivity contribution >= 4 is 5.91 Å². The van der Waals surface area contributed by atoms with Crippen LogP contribution in [0.15, 0.2) is 18.2 Å². The number of likely N-dealkylation sites (N-methyl/N-ethyl adjacent to an activating group) is 1. The SMILES string of the molecule is CCN1C(=O)C(N)C1c1ccc(OC)c(OC)c1. The lowest BCUT2D eigenvalue weighted by molar-refractivity contribution is -0.149. The highest BCUT2D eigenvalue weighted by Crippen LogP contribution is 2.37. The average molecular weight is 250 g/mol. The number of amides is 1. The van der Waals surface area contributed by atoms with E-state index in [4.69, 9.17) is 15.2 Å². The number of β-lactam (4-membered cyclic amide) rings is 1. The number of benzene rings is 1. The van der Waals surface area contributed by atoms with Gasteiger partial charge in [-0.1, -0.05) is 6.07 Å². The molecule has 2 unspecified atom stereocenters. The summed E-state index contributed by atoms with van der Waals surface area (Å²) >= 11 is 0. The second-order valence-electron chi connectivity index (χ2n) is 4.21. The van der Waals surface area contributed by atoms with Gasteiger partial charge in [0.1, 0.15) is 6.04 Å². The molecule has 1 aromatic carbocycles. The lowest BCUT2D eigenvalue weighted by Crippen LogP contribution is -2.62. The number of methoxy groups -OCH3 is 2. The molecule has 0 spiro atoms. The van der Waals surface area contributed by atoms with E-state index in [1.165, 1.54) is 0 Å². The fourth-order valence-corrected chi connectivity index (χ4v) is 2.35. The van der Waals surface area contributed by atoms with Gasteiger partial charge in [0.2, 0.25) is 5.91 Å². The van der Waals surface area contributed by atoms with Gasteiger partial charge in [-0.05, 0) is 24.6 Å². The molecule has 1 fully saturated rings. The van der Waals surface area contributed by atoms with E-state index in [0.29, 0.717) is 18.0 Å². The summed E-state index contributed by atoms with van der Waals surface area (Å²) in [7, 11) is 3.18. The van der Waals surface area contributed by atoms with Gasteiger partial charge in [-0.25, -0.2) is 0 Å². The predicted molar refractivity (Wildman–Crippen MR) is 67.6 cm³/mol. The zero-order chi connectivity index (χ0) is 13.3. The monoisotopic (exact) mass is 250 g/mol. The van der Waals surface area contributed by atoms with Gasteiger partial charge in [-0.3, -0.25) is 4.79 Å². The zero-order valence-electron chi connectivity index (χ0n) is 10.8. The Hall–Kier alpha value is -1.75. The maximum atomic E-state index is 11.6. The standard InChI is InChI=1S/C13H18N2O3/c1-4-15-12(11(14)13(15)16)8-5-6-9(17-2)10(7-8)18-3/h5-7,11-12H,4,14H2,1-3H3. The summed E-state index contributed by atoms with van der Waals surface area (Å²) in [4.78, 5) is 13.4. The number of rotatable bonds is 4. The molecule has 1 amide bonds. The topological polar surface area (TPSA) is 64.8 Å². The maximum absolute atomic E-state index is 11.6. The minimum Gasteiger partial charge on any atom is -0.493 e. The molecule has 1 aromatic rings. The van der Waals surface area contributed by atoms with Crippen molar-refractivity contribution in [2.24, 2.45) is 5.73 Å². The van der Waals surface area contributed by atoms with Crippen LogP contribution in [-0.2, 0) is 4.79 Å². The number of nitrogens with two attached hydrogens (primary N) is 1. The van der Waals surface area contributed by atoms with Crippen molar-refractivity contribution < 1.29 is 14.3 Å². The van der Waals surface area contributed by atoms with Crippen molar-refractivity contribution in [2.45, 2.75) is 19.0 Å². The largest absolute Gasteiger partial charge is 0.493 e. The van der Waals surface area contributed by atoms with Crippen LogP contribution in [0.2, 0.25) is 0 Å². The minimum absolute atomic E-state index is 0.00251. The molecule has 5 nitrogen and oxygen atoms in total. The van der Waals surface area contributed by atoms with Crippen LogP contribution in [0.4, 0.5) is 0 Å². The first-order valence-electron chi connectivity index (χ1n) is 5.92. The van der Waals surface area contributed by atoms with Crippen LogP contribution in [0.5, 0.6) is 11.5 Å². The third-order valence-electron chi connectivity index (χ3n) is 3.33. The van der Waals surface area contributed by atoms with Crippen molar-refractivity contribution in [2.75, 3.05) is 20.8 Å². The lowest BCUT2D eigenvalue weighted by Gasteiger charge is -2.45. The van der Waals surface area contributed by atoms with E-state index in [1.54, 1.807) is 19.1 Å². The van der Waals surface area contributed by atoms with Crippen LogP contribution in [-0.4, -0.2) is 37.6 Å². The van der Waals surface area contributed by atoms with E-state index in [2.05, 4.69) is 0 Å². The summed E-state index contributed by atoms with van der Waals surface area (Å²) in [6.45, 7) is 2.60. The number of carbonyl (C=O) groups is 1. The maximum Gasteiger partial charge on any atom is 0.242 e. The fraction of sp³-hybridized carbons (Fsp3) is 0.462. The third-order valence-corrected chi connectivity index (χ3v) is 3.33. The summed E-state index contributed by atoms with van der Waals surface area (Å²) in [5.41, 5.74) is 6.84. The van der Waals surface area contributed by atoms with Crippen LogP contribution in [0.1, 0.15) is 18.5 Å². The molecule has 1 aliphatic heterocycles. The second kappa shape index (κ2) is 4.86. The van der Waals surface area contributed by atoms with Gasteiger partial charge in [-0.15, -0.1) is 0 Å². The Balaban J connectivity index is 2.31. The van der Waals surface area contributed by atoms with Crippen LogP contribution in [0.25, 0.3) is 0 Å². The van der Waals surface area contributed by atoms with Gasteiger partial charge >= 0.3 is 0 Å². The van der Waals surface area contributed by atoms with E-state index in [1.807, 2.05) is 25.1 Å². The van der Waals surface area contributed by atoms with Crippen LogP contribution in [0.3, 0.4) is 0 Å². The molecule has 0 aliphatic carbocycles. The highest BCUT2D eigenvalue weighted by molar-refractivity contribution is 5.89. The molecule has 2 atom stereocenters. The number of carbonyl (C=O) groups excluding carboxylic acids is 1. The van der Waals surface area contributed by atoms with Crippen molar-refractivity contribution in [3.63, 3.8) is 0 Å². The summed E-state index contributed by atoms with van der Waals surface area (Å²) in [6.07, 6.45) is 0. The molecule has 1 saturated heterocycles. The molecule has 0 bridgehead atoms. The van der Waals surface area contributed by atoms with Crippen LogP contribution >= 0.6 is 0 Å². The summed E-state index contributed by atoms with van der Waals surface area (Å²) in [5.74, 6) is 1.32. The molecular weight excluding hydrogens is 232 g/mol. The molecule has 98 valence electrons. The van der Waals surface area contributed by atoms with E-state index in [0.717, 1.165) is 5.56 Å². The van der Waals surface area contributed by atoms with Crippen molar-refractivity contribution in [3.05, 3.63) is 23.8 Å². The molecular formula is C13H18N2O3. The van der Waals surface area contributed by atoms with Crippen LogP contribution in [0, 0.1) is 0 Å². The van der Waals surface area contributed by atoms with Gasteiger partial charge in [0, 0.05) is 6.54 Å². The van der Waals surface area contributed by atoms with E-state index in [-0.39, 0.29) is 11.9 Å². The second-order valence-corrected chi connectivity index (χ2v) is 4.21. The smallest absolute Gasteiger partial charge is 0.242 e. The van der Waals surface area contributed by atoms with Crippen molar-refractivity contribution in [1.82, 2.24) is 4.90 Å². The van der Waals surface area contributed by atoms with Crippen molar-refractivity contribution in [3.8, 4) is 11.5 Å². The number of ether oxygens (including phenoxy) is 2. The van der Waals surface area contributed by atoms with E-state index in [9.17, 15) is 4.79 Å². The lowest BCUT2D eigenvalue weighted by atomic mass is 9.89. The highest BCUT2D eigenvalue weighted by atomic mass is 16.5. The molecule has 0 aromatic heterocycles. The Kier molecular flexibility index (Phi) is 3.43. The van der Waals surface area contributed by atoms with Gasteiger partial charge in [-0.2, -0.15) is 0 Å². The molecule has 5 heteroatoms. The first-order valence-corrected chi connectivity index (χ1v) is 5.92. The fourth-order valence-electron chi connectivity index (χ4n) is 2.35. The molecule has 1 aliphatic rings. The molecule has 2 N–H and O–H groups in total. The minimum atomic E-state index is -0.456. The molecule has 2 rings (SSSR count). The first kappa shape index (κ1) is 12.7. The molecule has 0 radical (unpaired) electrons. The van der Waals surface area contributed by atoms with Crippen molar-refractivity contribution in [1.29, 1.82) is 0 Å². The number of likely N-dealkylation sites (tertiary alicyclic amines) is 1. The Morgan fingerprint density at radius 2 is 1.94 bits per heavy atom. The van der Waals surface area contributed by atoms with Gasteiger partial charge in [0.15, 0.2) is 11.5 Å². The summed E-state index contributed by atoms with van der Waals surface area (Å²) in [5, 5.41) is 0. The molecule has 0 saturated carbocycles. The first-order chi connectivity index (χ1) is 8.63. The van der Waals surface area contributed by atoms with Gasteiger partial charge in [0.25, 0.3) is 0 Å². The van der Waals surface area contributed by atoms with E-state index >= 15 is 0 Å². The predicted octanol–water partition coefficient (Wildman–Crippen LogP) is 0.934. The summed E-state index contributed by atoms with van der Waals surface area (Å²) < 4.78 is 10.4. The Labute approximate surface area is 106 Å². The highest BCUT2D eigenvalue weighted by Gasteiger charge is 2.44. The third kappa shape index (κ3) is 1.80. The Morgan fingerprint density at radius 1 is 1.28 bits per heavy atom. The Morgan fingerprint density at radius 3 is 2.50 bits per heavy atom.